The highest BCUT2D eigenvalue weighted by molar-refractivity contribution is 6.30. The highest BCUT2D eigenvalue weighted by Crippen LogP contribution is 2.23. The molecule has 0 atom stereocenters. The Hall–Kier alpha value is -3.10. The summed E-state index contributed by atoms with van der Waals surface area (Å²) in [4.78, 5) is 12.6. The molecule has 0 fully saturated rings. The van der Waals surface area contributed by atoms with Gasteiger partial charge in [-0.15, -0.1) is 0 Å². The Kier molecular flexibility index (Phi) is 4.79. The Morgan fingerprint density at radius 2 is 1.92 bits per heavy atom. The number of halogens is 1. The van der Waals surface area contributed by atoms with Crippen LogP contribution in [0, 0.1) is 32.1 Å². The van der Waals surface area contributed by atoms with Crippen molar-refractivity contribution < 1.29 is 9.32 Å². The van der Waals surface area contributed by atoms with Gasteiger partial charge in [0.1, 0.15) is 17.4 Å². The number of rotatable bonds is 4. The highest BCUT2D eigenvalue weighted by atomic mass is 35.5. The Morgan fingerprint density at radius 1 is 1.23 bits per heavy atom. The van der Waals surface area contributed by atoms with Crippen molar-refractivity contribution in [3.63, 3.8) is 0 Å². The van der Waals surface area contributed by atoms with Crippen molar-refractivity contribution in [3.05, 3.63) is 75.3 Å². The van der Waals surface area contributed by atoms with E-state index in [1.54, 1.807) is 30.3 Å². The van der Waals surface area contributed by atoms with Crippen LogP contribution in [-0.4, -0.2) is 15.5 Å². The van der Waals surface area contributed by atoms with Crippen molar-refractivity contribution in [3.8, 4) is 11.9 Å². The summed E-state index contributed by atoms with van der Waals surface area (Å²) in [5.74, 6) is 1.03. The van der Waals surface area contributed by atoms with Crippen molar-refractivity contribution in [2.45, 2.75) is 20.8 Å². The molecule has 3 aromatic rings. The molecule has 0 saturated heterocycles. The highest BCUT2D eigenvalue weighted by Gasteiger charge is 2.16. The molecule has 6 heteroatoms. The Labute approximate surface area is 156 Å². The van der Waals surface area contributed by atoms with E-state index in [1.165, 1.54) is 0 Å². The van der Waals surface area contributed by atoms with Gasteiger partial charge in [-0.2, -0.15) is 5.26 Å². The van der Waals surface area contributed by atoms with Crippen LogP contribution in [0.1, 0.15) is 33.1 Å². The first-order valence-corrected chi connectivity index (χ1v) is 8.33. The maximum absolute atomic E-state index is 12.6. The van der Waals surface area contributed by atoms with Crippen molar-refractivity contribution >= 4 is 23.5 Å². The van der Waals surface area contributed by atoms with Crippen LogP contribution in [0.15, 0.2) is 46.5 Å². The fraction of sp³-hybridized carbons (Fsp3) is 0.150. The van der Waals surface area contributed by atoms with Gasteiger partial charge in [-0.1, -0.05) is 16.8 Å². The van der Waals surface area contributed by atoms with Crippen LogP contribution in [-0.2, 0) is 0 Å². The third-order valence-electron chi connectivity index (χ3n) is 4.09. The van der Waals surface area contributed by atoms with Gasteiger partial charge in [-0.25, -0.2) is 0 Å². The average molecular weight is 366 g/mol. The maximum atomic E-state index is 12.6. The summed E-state index contributed by atoms with van der Waals surface area (Å²) in [5.41, 5.74) is 3.06. The molecule has 0 aliphatic carbocycles. The molecule has 130 valence electrons. The molecule has 26 heavy (non-hydrogen) atoms. The van der Waals surface area contributed by atoms with E-state index in [0.29, 0.717) is 22.2 Å². The number of hydrogen-bond acceptors (Lipinski definition) is 4. The van der Waals surface area contributed by atoms with E-state index in [0.717, 1.165) is 17.0 Å². The normalized spacial score (nSPS) is 11.4. The largest absolute Gasteiger partial charge is 0.360 e. The van der Waals surface area contributed by atoms with E-state index in [-0.39, 0.29) is 11.4 Å². The smallest absolute Gasteiger partial charge is 0.203 e. The molecule has 5 nitrogen and oxygen atoms in total. The fourth-order valence-electron chi connectivity index (χ4n) is 2.81. The SMILES string of the molecule is Cc1cc(-n2c(C)cc(/C=C(\C#N)C(=O)c3ccc(Cl)cc3)c2C)no1. The minimum Gasteiger partial charge on any atom is -0.360 e. The van der Waals surface area contributed by atoms with Crippen molar-refractivity contribution in [1.29, 1.82) is 5.26 Å². The van der Waals surface area contributed by atoms with E-state index >= 15 is 0 Å². The van der Waals surface area contributed by atoms with Crippen molar-refractivity contribution in [2.75, 3.05) is 0 Å². The summed E-state index contributed by atoms with van der Waals surface area (Å²) in [7, 11) is 0. The lowest BCUT2D eigenvalue weighted by Crippen LogP contribution is -2.02. The van der Waals surface area contributed by atoms with Crippen LogP contribution in [0.25, 0.3) is 11.9 Å². The molecule has 0 aliphatic heterocycles. The summed E-state index contributed by atoms with van der Waals surface area (Å²) in [6.45, 7) is 5.66. The van der Waals surface area contributed by atoms with E-state index < -0.39 is 0 Å². The van der Waals surface area contributed by atoms with Crippen molar-refractivity contribution in [1.82, 2.24) is 9.72 Å². The molecule has 0 amide bonds. The number of allylic oxidation sites excluding steroid dienone is 1. The second-order valence-corrected chi connectivity index (χ2v) is 6.40. The van der Waals surface area contributed by atoms with Gasteiger partial charge in [0.15, 0.2) is 5.82 Å². The number of aromatic nitrogens is 2. The molecular formula is C20H16ClN3O2. The molecule has 3 rings (SSSR count). The number of nitriles is 1. The topological polar surface area (TPSA) is 71.8 Å². The molecule has 2 heterocycles. The zero-order valence-corrected chi connectivity index (χ0v) is 15.3. The summed E-state index contributed by atoms with van der Waals surface area (Å²) in [6.07, 6.45) is 1.60. The zero-order chi connectivity index (χ0) is 18.8. The van der Waals surface area contributed by atoms with Gasteiger partial charge in [-0.05, 0) is 62.7 Å². The van der Waals surface area contributed by atoms with E-state index in [9.17, 15) is 10.1 Å². The summed E-state index contributed by atoms with van der Waals surface area (Å²) >= 11 is 5.85. The molecule has 0 N–H and O–H groups in total. The summed E-state index contributed by atoms with van der Waals surface area (Å²) in [5, 5.41) is 14.0. The zero-order valence-electron chi connectivity index (χ0n) is 14.6. The van der Waals surface area contributed by atoms with Crippen LogP contribution in [0.4, 0.5) is 0 Å². The maximum Gasteiger partial charge on any atom is 0.203 e. The van der Waals surface area contributed by atoms with Crippen LogP contribution >= 0.6 is 11.6 Å². The third kappa shape index (κ3) is 3.32. The minimum atomic E-state index is -0.341. The lowest BCUT2D eigenvalue weighted by atomic mass is 10.0. The lowest BCUT2D eigenvalue weighted by Gasteiger charge is -2.04. The predicted molar refractivity (Wildman–Crippen MR) is 99.4 cm³/mol. The molecular weight excluding hydrogens is 350 g/mol. The summed E-state index contributed by atoms with van der Waals surface area (Å²) < 4.78 is 7.06. The molecule has 0 unspecified atom stereocenters. The van der Waals surface area contributed by atoms with Gasteiger partial charge >= 0.3 is 0 Å². The lowest BCUT2D eigenvalue weighted by molar-refractivity contribution is 0.104. The monoisotopic (exact) mass is 365 g/mol. The Morgan fingerprint density at radius 3 is 2.50 bits per heavy atom. The van der Waals surface area contributed by atoms with Gasteiger partial charge in [0.2, 0.25) is 5.78 Å². The molecule has 0 spiro atoms. The fourth-order valence-corrected chi connectivity index (χ4v) is 2.93. The van der Waals surface area contributed by atoms with Gasteiger partial charge in [-0.3, -0.25) is 9.36 Å². The molecule has 2 aromatic heterocycles. The van der Waals surface area contributed by atoms with Gasteiger partial charge < -0.3 is 4.52 Å². The molecule has 1 aromatic carbocycles. The van der Waals surface area contributed by atoms with E-state index in [1.807, 2.05) is 43.5 Å². The molecule has 0 aliphatic rings. The number of carbonyl (C=O) groups is 1. The first-order chi connectivity index (χ1) is 12.4. The first kappa shape index (κ1) is 17.7. The standard InChI is InChI=1S/C20H16ClN3O2/c1-12-8-16(14(3)24(12)19-9-13(2)26-23-19)10-17(11-22)20(25)15-4-6-18(21)7-5-15/h4-10H,1-3H3/b17-10+. The Balaban J connectivity index is 2.01. The second-order valence-electron chi connectivity index (χ2n) is 5.96. The van der Waals surface area contributed by atoms with Crippen LogP contribution in [0.5, 0.6) is 0 Å². The van der Waals surface area contributed by atoms with Crippen LogP contribution < -0.4 is 0 Å². The van der Waals surface area contributed by atoms with Crippen molar-refractivity contribution in [2.24, 2.45) is 0 Å². The van der Waals surface area contributed by atoms with E-state index in [2.05, 4.69) is 5.16 Å². The number of nitrogens with zero attached hydrogens (tertiary/aromatic N) is 3. The number of aryl methyl sites for hydroxylation is 2. The molecule has 0 saturated carbocycles. The summed E-state index contributed by atoms with van der Waals surface area (Å²) in [6, 6.07) is 12.2. The molecule has 0 radical (unpaired) electrons. The van der Waals surface area contributed by atoms with Crippen LogP contribution in [0.2, 0.25) is 5.02 Å². The Bertz CT molecular complexity index is 1050. The van der Waals surface area contributed by atoms with Gasteiger partial charge in [0.25, 0.3) is 0 Å². The number of benzene rings is 1. The minimum absolute atomic E-state index is 0.0592. The average Bonchev–Trinajstić information content (AvgIpc) is 3.15. The van der Waals surface area contributed by atoms with Gasteiger partial charge in [0, 0.05) is 28.0 Å². The number of hydrogen-bond donors (Lipinski definition) is 0. The van der Waals surface area contributed by atoms with Gasteiger partial charge in [0.05, 0.1) is 0 Å². The third-order valence-corrected chi connectivity index (χ3v) is 4.34. The number of carbonyl (C=O) groups excluding carboxylic acids is 1. The number of ketones is 1. The van der Waals surface area contributed by atoms with E-state index in [4.69, 9.17) is 16.1 Å². The first-order valence-electron chi connectivity index (χ1n) is 7.95. The quantitative estimate of drug-likeness (QED) is 0.377. The second kappa shape index (κ2) is 7.03. The predicted octanol–water partition coefficient (Wildman–Crippen LogP) is 4.83. The van der Waals surface area contributed by atoms with Crippen LogP contribution in [0.3, 0.4) is 0 Å². The number of Topliss-reactive ketones (excluding diaryl/α,β-unsaturated/α-hetero) is 1. The molecule has 0 bridgehead atoms.